The zero-order valence-electron chi connectivity index (χ0n) is 18.7. The molecule has 0 amide bonds. The van der Waals surface area contributed by atoms with Crippen LogP contribution in [0.5, 0.6) is 11.5 Å². The number of benzene rings is 2. The minimum atomic E-state index is -0.787. The van der Waals surface area contributed by atoms with Crippen molar-refractivity contribution in [2.24, 2.45) is 15.2 Å². The van der Waals surface area contributed by atoms with E-state index >= 15 is 0 Å². The molecule has 0 bridgehead atoms. The topological polar surface area (TPSA) is 73.6 Å². The van der Waals surface area contributed by atoms with E-state index in [1.165, 1.54) is 6.07 Å². The molecule has 0 aliphatic carbocycles. The first-order valence-electron chi connectivity index (χ1n) is 10.4. The van der Waals surface area contributed by atoms with Crippen molar-refractivity contribution in [1.29, 1.82) is 0 Å². The molecule has 0 saturated carbocycles. The Kier molecular flexibility index (Phi) is 8.42. The van der Waals surface area contributed by atoms with Crippen LogP contribution in [0.25, 0.3) is 5.70 Å². The van der Waals surface area contributed by atoms with Gasteiger partial charge in [-0.2, -0.15) is 5.10 Å². The molecular formula is C23H26F2N6OS. The summed E-state index contributed by atoms with van der Waals surface area (Å²) in [5, 5.41) is 11.0. The van der Waals surface area contributed by atoms with Crippen LogP contribution in [0.3, 0.4) is 0 Å². The van der Waals surface area contributed by atoms with Crippen LogP contribution in [-0.2, 0) is 0 Å². The Morgan fingerprint density at radius 3 is 2.70 bits per heavy atom. The van der Waals surface area contributed by atoms with Gasteiger partial charge in [0.15, 0.2) is 11.6 Å². The van der Waals surface area contributed by atoms with E-state index in [0.29, 0.717) is 35.9 Å². The predicted molar refractivity (Wildman–Crippen MR) is 133 cm³/mol. The van der Waals surface area contributed by atoms with E-state index in [2.05, 4.69) is 32.0 Å². The third kappa shape index (κ3) is 6.32. The minimum absolute atomic E-state index is 0.0781. The average molecular weight is 473 g/mol. The van der Waals surface area contributed by atoms with E-state index in [9.17, 15) is 8.78 Å². The van der Waals surface area contributed by atoms with E-state index in [-0.39, 0.29) is 5.75 Å². The molecule has 33 heavy (non-hydrogen) atoms. The first kappa shape index (κ1) is 24.2. The maximum absolute atomic E-state index is 14.3. The molecule has 2 N–H and O–H groups in total. The zero-order chi connectivity index (χ0) is 23.8. The summed E-state index contributed by atoms with van der Waals surface area (Å²) in [5.41, 5.74) is 2.18. The van der Waals surface area contributed by atoms with Gasteiger partial charge in [0.05, 0.1) is 12.2 Å². The van der Waals surface area contributed by atoms with Crippen LogP contribution in [-0.4, -0.2) is 42.1 Å². The fourth-order valence-electron chi connectivity index (χ4n) is 3.10. The second-order valence-corrected chi connectivity index (χ2v) is 8.00. The molecule has 2 aromatic carbocycles. The number of aliphatic imine (C=N–C) groups is 1. The van der Waals surface area contributed by atoms with Gasteiger partial charge < -0.3 is 19.7 Å². The molecule has 2 aromatic rings. The Hall–Kier alpha value is -3.40. The van der Waals surface area contributed by atoms with Crippen molar-refractivity contribution in [1.82, 2.24) is 10.2 Å². The largest absolute Gasteiger partial charge is 0.454 e. The molecule has 0 saturated heterocycles. The molecule has 0 fully saturated rings. The van der Waals surface area contributed by atoms with Crippen molar-refractivity contribution < 1.29 is 13.5 Å². The van der Waals surface area contributed by atoms with E-state index < -0.39 is 11.6 Å². The molecule has 1 aliphatic rings. The number of anilines is 1. The van der Waals surface area contributed by atoms with E-state index in [4.69, 9.17) is 4.74 Å². The monoisotopic (exact) mass is 472 g/mol. The van der Waals surface area contributed by atoms with Crippen LogP contribution in [0.15, 0.2) is 57.8 Å². The number of hydrogen-bond donors (Lipinski definition) is 2. The van der Waals surface area contributed by atoms with Gasteiger partial charge in [-0.3, -0.25) is 4.99 Å². The first-order chi connectivity index (χ1) is 15.9. The van der Waals surface area contributed by atoms with Crippen LogP contribution < -0.4 is 14.8 Å². The number of nitrogens with one attached hydrogen (secondary N) is 2. The van der Waals surface area contributed by atoms with Crippen molar-refractivity contribution >= 4 is 41.7 Å². The smallest absolute Gasteiger partial charge is 0.168 e. The van der Waals surface area contributed by atoms with E-state index in [0.717, 1.165) is 29.4 Å². The molecule has 1 heterocycles. The summed E-state index contributed by atoms with van der Waals surface area (Å²) >= 11 is 1.55. The number of ether oxygens (including phenoxy) is 1. The Morgan fingerprint density at radius 1 is 1.21 bits per heavy atom. The molecule has 0 spiro atoms. The van der Waals surface area contributed by atoms with Gasteiger partial charge in [0.2, 0.25) is 0 Å². The fourth-order valence-corrected chi connectivity index (χ4v) is 3.54. The highest BCUT2D eigenvalue weighted by atomic mass is 32.2. The quantitative estimate of drug-likeness (QED) is 0.230. The molecule has 3 rings (SSSR count). The van der Waals surface area contributed by atoms with Crippen LogP contribution in [0.1, 0.15) is 26.3 Å². The molecule has 7 nitrogen and oxygen atoms in total. The van der Waals surface area contributed by atoms with E-state index in [1.54, 1.807) is 18.0 Å². The highest BCUT2D eigenvalue weighted by Crippen LogP contribution is 2.34. The van der Waals surface area contributed by atoms with Gasteiger partial charge in [-0.1, -0.05) is 18.9 Å². The maximum Gasteiger partial charge on any atom is 0.168 e. The average Bonchev–Trinajstić information content (AvgIpc) is 2.80. The number of amidine groups is 2. The summed E-state index contributed by atoms with van der Waals surface area (Å²) in [6, 6.07) is 8.67. The highest BCUT2D eigenvalue weighted by Gasteiger charge is 2.22. The molecule has 0 unspecified atom stereocenters. The van der Waals surface area contributed by atoms with Crippen molar-refractivity contribution in [3.8, 4) is 11.5 Å². The lowest BCUT2D eigenvalue weighted by Gasteiger charge is -2.29. The molecule has 1 aliphatic heterocycles. The van der Waals surface area contributed by atoms with Crippen LogP contribution in [0.2, 0.25) is 0 Å². The summed E-state index contributed by atoms with van der Waals surface area (Å²) < 4.78 is 36.8. The molecular weight excluding hydrogens is 446 g/mol. The Balaban J connectivity index is 2.08. The van der Waals surface area contributed by atoms with Gasteiger partial charge in [-0.25, -0.2) is 8.78 Å². The zero-order valence-corrected chi connectivity index (χ0v) is 19.5. The summed E-state index contributed by atoms with van der Waals surface area (Å²) in [5.74, 6) is 1.09. The fraction of sp³-hybridized carbons (Fsp3) is 0.261. The van der Waals surface area contributed by atoms with Gasteiger partial charge in [-0.05, 0) is 44.2 Å². The minimum Gasteiger partial charge on any atom is -0.454 e. The highest BCUT2D eigenvalue weighted by molar-refractivity contribution is 8.00. The summed E-state index contributed by atoms with van der Waals surface area (Å²) in [6.45, 7) is 10.3. The van der Waals surface area contributed by atoms with Crippen molar-refractivity contribution in [3.63, 3.8) is 0 Å². The lowest BCUT2D eigenvalue weighted by Crippen LogP contribution is -2.41. The van der Waals surface area contributed by atoms with Crippen LogP contribution >= 0.6 is 11.9 Å². The van der Waals surface area contributed by atoms with Crippen LogP contribution in [0.4, 0.5) is 14.5 Å². The maximum atomic E-state index is 14.3. The van der Waals surface area contributed by atoms with Gasteiger partial charge in [-0.15, -0.1) is 5.10 Å². The molecule has 174 valence electrons. The van der Waals surface area contributed by atoms with Gasteiger partial charge in [0.25, 0.3) is 0 Å². The SMILES string of the molecule is C=N/N=C(/C)N1C=C(c2cc(NSCC)ccc2Oc2ccc(F)cc2F)NC(=NCC)C1. The Labute approximate surface area is 196 Å². The van der Waals surface area contributed by atoms with Gasteiger partial charge in [0.1, 0.15) is 23.2 Å². The number of nitrogens with zero attached hydrogens (tertiary/aromatic N) is 4. The first-order valence-corrected chi connectivity index (χ1v) is 11.4. The van der Waals surface area contributed by atoms with Gasteiger partial charge in [0, 0.05) is 42.5 Å². The van der Waals surface area contributed by atoms with E-state index in [1.807, 2.05) is 44.0 Å². The Bertz CT molecular complexity index is 1100. The number of halogens is 2. The lowest BCUT2D eigenvalue weighted by molar-refractivity contribution is 0.436. The third-order valence-electron chi connectivity index (χ3n) is 4.58. The molecule has 0 atom stereocenters. The summed E-state index contributed by atoms with van der Waals surface area (Å²) in [6.07, 6.45) is 1.86. The van der Waals surface area contributed by atoms with Crippen LogP contribution in [0, 0.1) is 11.6 Å². The standard InChI is InChI=1S/C23H26F2N6OS/c1-5-27-23-14-31(15(3)29-26-4)13-20(28-23)18-12-17(30-33-6-2)8-10-21(18)32-22-9-7-16(24)11-19(22)25/h7-13,30H,4-6,14H2,1-3H3,(H,27,28)/b29-15-. The lowest BCUT2D eigenvalue weighted by atomic mass is 10.1. The number of hydrogen-bond acceptors (Lipinski definition) is 6. The second kappa shape index (κ2) is 11.5. The third-order valence-corrected chi connectivity index (χ3v) is 5.25. The normalized spacial score (nSPS) is 15.2. The predicted octanol–water partition coefficient (Wildman–Crippen LogP) is 5.49. The molecule has 0 aromatic heterocycles. The Morgan fingerprint density at radius 2 is 2.00 bits per heavy atom. The molecule has 10 heteroatoms. The van der Waals surface area contributed by atoms with Crippen molar-refractivity contribution in [3.05, 3.63) is 59.8 Å². The number of rotatable bonds is 8. The van der Waals surface area contributed by atoms with Gasteiger partial charge >= 0.3 is 0 Å². The van der Waals surface area contributed by atoms with Crippen molar-refractivity contribution in [2.75, 3.05) is 23.6 Å². The second-order valence-electron chi connectivity index (χ2n) is 6.93. The van der Waals surface area contributed by atoms with Crippen molar-refractivity contribution in [2.45, 2.75) is 20.8 Å². The summed E-state index contributed by atoms with van der Waals surface area (Å²) in [4.78, 5) is 6.41. The molecule has 0 radical (unpaired) electrons. The summed E-state index contributed by atoms with van der Waals surface area (Å²) in [7, 11) is 0.